The van der Waals surface area contributed by atoms with Crippen LogP contribution in [-0.2, 0) is 28.7 Å². The lowest BCUT2D eigenvalue weighted by Gasteiger charge is -2.18. The Labute approximate surface area is 341 Å². The van der Waals surface area contributed by atoms with Crippen LogP contribution in [0, 0.1) is 0 Å². The number of hydrogen-bond acceptors (Lipinski definition) is 9. The summed E-state index contributed by atoms with van der Waals surface area (Å²) in [5.41, 5.74) is 5.53. The van der Waals surface area contributed by atoms with Gasteiger partial charge in [0.2, 0.25) is 5.91 Å². The molecule has 1 amide bonds. The van der Waals surface area contributed by atoms with Gasteiger partial charge in [0, 0.05) is 30.9 Å². The van der Waals surface area contributed by atoms with Crippen LogP contribution >= 0.6 is 11.8 Å². The van der Waals surface area contributed by atoms with Crippen molar-refractivity contribution in [2.45, 2.75) is 212 Å². The number of rotatable bonds is 38. The molecule has 0 aromatic rings. The number of aliphatic carboxylic acids is 1. The summed E-state index contributed by atoms with van der Waals surface area (Å²) in [5.74, 6) is -2.58. The average Bonchev–Trinajstić information content (AvgIpc) is 3.16. The Balaban J connectivity index is 0. The number of esters is 2. The minimum atomic E-state index is -5.08. The highest BCUT2D eigenvalue weighted by atomic mass is 32.2. The average molecular weight is 829 g/mol. The van der Waals surface area contributed by atoms with E-state index < -0.39 is 36.8 Å². The van der Waals surface area contributed by atoms with E-state index in [1.807, 2.05) is 0 Å². The molecule has 0 unspecified atom stereocenters. The maximum atomic E-state index is 12.6. The molecule has 0 heterocycles. The van der Waals surface area contributed by atoms with Gasteiger partial charge in [-0.25, -0.2) is 4.79 Å². The summed E-state index contributed by atoms with van der Waals surface area (Å²) in [7, 11) is 0. The summed E-state index contributed by atoms with van der Waals surface area (Å²) in [5, 5.41) is 18.8. The number of aliphatic hydroxyl groups excluding tert-OH is 1. The highest BCUT2D eigenvalue weighted by Crippen LogP contribution is 2.16. The van der Waals surface area contributed by atoms with E-state index in [0.29, 0.717) is 30.9 Å². The highest BCUT2D eigenvalue weighted by Gasteiger charge is 2.38. The summed E-state index contributed by atoms with van der Waals surface area (Å²) in [6, 6.07) is -0.932. The van der Waals surface area contributed by atoms with Gasteiger partial charge in [-0.3, -0.25) is 14.4 Å². The number of nitrogens with two attached hydrogens (primary N) is 1. The van der Waals surface area contributed by atoms with Crippen LogP contribution in [0.1, 0.15) is 194 Å². The summed E-state index contributed by atoms with van der Waals surface area (Å²) >= 11 is 1.52. The van der Waals surface area contributed by atoms with Gasteiger partial charge in [-0.05, 0) is 12.8 Å². The molecular weight excluding hydrogens is 750 g/mol. The van der Waals surface area contributed by atoms with Crippen molar-refractivity contribution in [3.63, 3.8) is 0 Å². The molecule has 0 saturated carbocycles. The molecule has 56 heavy (non-hydrogen) atoms. The van der Waals surface area contributed by atoms with Gasteiger partial charge in [0.05, 0.1) is 6.61 Å². The SMILES string of the molecule is CCCCCCCCCCCCCCCC(=O)OC[C@@H](CSCCNC(=O)[C@H](N)CO)OC(=O)CCCCCCCCCCCCCCC.O=C(O)C(F)(F)F. The number of ether oxygens (including phenoxy) is 2. The molecule has 2 atom stereocenters. The number of carbonyl (C=O) groups excluding carboxylic acids is 3. The number of halogens is 3. The number of thioether (sulfide) groups is 1. The second kappa shape index (κ2) is 41.1. The molecule has 0 aromatic heterocycles. The van der Waals surface area contributed by atoms with Crippen molar-refractivity contribution >= 4 is 35.6 Å². The van der Waals surface area contributed by atoms with Crippen molar-refractivity contribution in [3.05, 3.63) is 0 Å². The fraction of sp³-hybridized carbons (Fsp3) is 0.905. The summed E-state index contributed by atoms with van der Waals surface area (Å²) in [4.78, 5) is 45.7. The smallest absolute Gasteiger partial charge is 0.475 e. The number of unbranched alkanes of at least 4 members (excludes halogenated alkanes) is 24. The molecule has 0 aliphatic heterocycles. The monoisotopic (exact) mass is 829 g/mol. The number of alkyl halides is 3. The standard InChI is InChI=1S/C40H78N2O6S.C2HF3O2/c1-3-5-7-9-11-13-15-17-19-21-23-25-27-29-38(44)47-34-36(35-49-32-31-42-40(46)37(41)33-43)48-39(45)30-28-26-24-22-20-18-16-14-12-10-8-6-4-2;3-2(4,5)1(6)7/h36-37,43H,3-35,41H2,1-2H3,(H,42,46);(H,6,7)/t36-,37+;/m0./s1. The first-order valence-electron chi connectivity index (χ1n) is 21.8. The van der Waals surface area contributed by atoms with Gasteiger partial charge >= 0.3 is 24.1 Å². The Bertz CT molecular complexity index is 946. The second-order valence-corrected chi connectivity index (χ2v) is 15.9. The second-order valence-electron chi connectivity index (χ2n) is 14.7. The van der Waals surface area contributed by atoms with E-state index in [2.05, 4.69) is 19.2 Å². The zero-order valence-electron chi connectivity index (χ0n) is 35.0. The molecule has 0 bridgehead atoms. The van der Waals surface area contributed by atoms with E-state index in [1.54, 1.807) is 0 Å². The van der Waals surface area contributed by atoms with Crippen LogP contribution in [0.5, 0.6) is 0 Å². The van der Waals surface area contributed by atoms with Gasteiger partial charge in [0.25, 0.3) is 0 Å². The van der Waals surface area contributed by atoms with Crippen LogP contribution in [0.3, 0.4) is 0 Å². The van der Waals surface area contributed by atoms with Crippen molar-refractivity contribution in [2.75, 3.05) is 31.3 Å². The number of aliphatic hydroxyl groups is 1. The summed E-state index contributed by atoms with van der Waals surface area (Å²) in [6.45, 7) is 4.55. The van der Waals surface area contributed by atoms with Crippen LogP contribution in [0.15, 0.2) is 0 Å². The Morgan fingerprint density at radius 2 is 1.00 bits per heavy atom. The fourth-order valence-corrected chi connectivity index (χ4v) is 6.71. The van der Waals surface area contributed by atoms with Crippen LogP contribution in [-0.4, -0.2) is 83.6 Å². The van der Waals surface area contributed by atoms with Crippen molar-refractivity contribution in [1.82, 2.24) is 5.32 Å². The van der Waals surface area contributed by atoms with Gasteiger partial charge in [-0.15, -0.1) is 0 Å². The van der Waals surface area contributed by atoms with E-state index in [0.717, 1.165) is 38.5 Å². The molecule has 0 rings (SSSR count). The minimum Gasteiger partial charge on any atom is -0.475 e. The molecule has 0 aliphatic carbocycles. The van der Waals surface area contributed by atoms with Gasteiger partial charge < -0.3 is 30.7 Å². The fourth-order valence-electron chi connectivity index (χ4n) is 5.87. The lowest BCUT2D eigenvalue weighted by Crippen LogP contribution is -2.43. The lowest BCUT2D eigenvalue weighted by molar-refractivity contribution is -0.192. The van der Waals surface area contributed by atoms with Gasteiger partial charge in [-0.1, -0.05) is 168 Å². The third-order valence-electron chi connectivity index (χ3n) is 9.32. The predicted octanol–water partition coefficient (Wildman–Crippen LogP) is 10.2. The Morgan fingerprint density at radius 3 is 1.36 bits per heavy atom. The lowest BCUT2D eigenvalue weighted by atomic mass is 10.0. The summed E-state index contributed by atoms with van der Waals surface area (Å²) < 4.78 is 43.0. The summed E-state index contributed by atoms with van der Waals surface area (Å²) in [6.07, 6.45) is 27.8. The molecule has 0 radical (unpaired) electrons. The first-order chi connectivity index (χ1) is 26.9. The first-order valence-corrected chi connectivity index (χ1v) is 22.9. The molecule has 0 spiro atoms. The van der Waals surface area contributed by atoms with Gasteiger partial charge in [0.1, 0.15) is 18.8 Å². The maximum Gasteiger partial charge on any atom is 0.490 e. The van der Waals surface area contributed by atoms with Crippen LogP contribution < -0.4 is 11.1 Å². The van der Waals surface area contributed by atoms with Gasteiger partial charge in [-0.2, -0.15) is 24.9 Å². The highest BCUT2D eigenvalue weighted by molar-refractivity contribution is 7.99. The van der Waals surface area contributed by atoms with Crippen molar-refractivity contribution < 1.29 is 52.0 Å². The molecule has 5 N–H and O–H groups in total. The predicted molar refractivity (Wildman–Crippen MR) is 221 cm³/mol. The normalized spacial score (nSPS) is 12.3. The Morgan fingerprint density at radius 1 is 0.643 bits per heavy atom. The number of carboxylic acids is 1. The molecule has 0 saturated heterocycles. The van der Waals surface area contributed by atoms with Gasteiger partial charge in [0.15, 0.2) is 0 Å². The Hall–Kier alpha value is -2.06. The molecular formula is C42H79F3N2O8S. The third kappa shape index (κ3) is 41.6. The zero-order valence-corrected chi connectivity index (χ0v) is 35.8. The van der Waals surface area contributed by atoms with Crippen LogP contribution in [0.4, 0.5) is 13.2 Å². The zero-order chi connectivity index (χ0) is 42.1. The molecule has 0 fully saturated rings. The molecule has 332 valence electrons. The molecule has 14 heteroatoms. The first kappa shape index (κ1) is 56.0. The van der Waals surface area contributed by atoms with E-state index >= 15 is 0 Å². The number of carboxylic acid groups (broad SMARTS) is 1. The van der Waals surface area contributed by atoms with Crippen molar-refractivity contribution in [3.8, 4) is 0 Å². The number of nitrogens with one attached hydrogen (secondary N) is 1. The van der Waals surface area contributed by atoms with Crippen LogP contribution in [0.2, 0.25) is 0 Å². The van der Waals surface area contributed by atoms with Crippen molar-refractivity contribution in [1.29, 1.82) is 0 Å². The van der Waals surface area contributed by atoms with Crippen LogP contribution in [0.25, 0.3) is 0 Å². The van der Waals surface area contributed by atoms with E-state index in [9.17, 15) is 27.6 Å². The topological polar surface area (TPSA) is 165 Å². The molecule has 0 aliphatic rings. The molecule has 10 nitrogen and oxygen atoms in total. The Kier molecular flexibility index (Phi) is 41.1. The number of hydrogen-bond donors (Lipinski definition) is 4. The van der Waals surface area contributed by atoms with E-state index in [1.165, 1.54) is 140 Å². The number of amides is 1. The van der Waals surface area contributed by atoms with E-state index in [4.69, 9.17) is 30.2 Å². The largest absolute Gasteiger partial charge is 0.490 e. The minimum absolute atomic E-state index is 0.0520. The van der Waals surface area contributed by atoms with Crippen molar-refractivity contribution in [2.24, 2.45) is 5.73 Å². The maximum absolute atomic E-state index is 12.6. The molecule has 0 aromatic carbocycles. The van der Waals surface area contributed by atoms with E-state index in [-0.39, 0.29) is 18.5 Å². The number of carbonyl (C=O) groups is 4. The third-order valence-corrected chi connectivity index (χ3v) is 10.4. The quantitative estimate of drug-likeness (QED) is 0.0348.